The number of nitro groups is 1. The zero-order valence-corrected chi connectivity index (χ0v) is 12.3. The number of nitrogens with one attached hydrogen (secondary N) is 1. The van der Waals surface area contributed by atoms with Crippen molar-refractivity contribution in [3.63, 3.8) is 0 Å². The predicted molar refractivity (Wildman–Crippen MR) is 79.7 cm³/mol. The predicted octanol–water partition coefficient (Wildman–Crippen LogP) is 4.01. The Morgan fingerprint density at radius 1 is 1.45 bits per heavy atom. The fraction of sp³-hybridized carbons (Fsp3) is 0.667. The molecule has 0 radical (unpaired) electrons. The molecule has 1 aromatic heterocycles. The molecule has 20 heavy (non-hydrogen) atoms. The highest BCUT2D eigenvalue weighted by Crippen LogP contribution is 2.43. The van der Waals surface area contributed by atoms with Crippen LogP contribution in [0.5, 0.6) is 0 Å². The standard InChI is InChI=1S/C15H23N3O2/c1-12(2)10-15(6-3-4-7-15)11-17-14-9-13(18(19)20)5-8-16-14/h5,8-9,12H,3-4,6-7,10-11H2,1-2H3,(H,16,17). The number of aromatic nitrogens is 1. The SMILES string of the molecule is CC(C)CC1(CNc2cc([N+](=O)[O-])ccn2)CCCC1. The van der Waals surface area contributed by atoms with E-state index in [2.05, 4.69) is 24.1 Å². The lowest BCUT2D eigenvalue weighted by Gasteiger charge is -2.31. The van der Waals surface area contributed by atoms with Crippen LogP contribution in [0, 0.1) is 21.4 Å². The van der Waals surface area contributed by atoms with Crippen LogP contribution in [0.25, 0.3) is 0 Å². The summed E-state index contributed by atoms with van der Waals surface area (Å²) in [5.41, 5.74) is 0.423. The van der Waals surface area contributed by atoms with Crippen LogP contribution in [0.15, 0.2) is 18.3 Å². The Labute approximate surface area is 119 Å². The van der Waals surface area contributed by atoms with Crippen molar-refractivity contribution in [1.82, 2.24) is 4.98 Å². The molecular formula is C15H23N3O2. The molecule has 5 heteroatoms. The average Bonchev–Trinajstić information content (AvgIpc) is 2.85. The Hall–Kier alpha value is -1.65. The lowest BCUT2D eigenvalue weighted by atomic mass is 9.78. The lowest BCUT2D eigenvalue weighted by molar-refractivity contribution is -0.384. The first-order valence-corrected chi connectivity index (χ1v) is 7.35. The molecular weight excluding hydrogens is 254 g/mol. The molecule has 1 fully saturated rings. The molecule has 0 aliphatic heterocycles. The molecule has 0 saturated heterocycles. The third-order valence-corrected chi connectivity index (χ3v) is 4.10. The van der Waals surface area contributed by atoms with Gasteiger partial charge in [-0.25, -0.2) is 4.98 Å². The zero-order valence-electron chi connectivity index (χ0n) is 12.3. The second-order valence-electron chi connectivity index (χ2n) is 6.32. The molecule has 1 aliphatic carbocycles. The summed E-state index contributed by atoms with van der Waals surface area (Å²) in [6.07, 6.45) is 7.76. The van der Waals surface area contributed by atoms with Gasteiger partial charge in [0.15, 0.2) is 0 Å². The third kappa shape index (κ3) is 3.68. The summed E-state index contributed by atoms with van der Waals surface area (Å²) in [5, 5.41) is 14.1. The highest BCUT2D eigenvalue weighted by atomic mass is 16.6. The first-order valence-electron chi connectivity index (χ1n) is 7.35. The number of hydrogen-bond acceptors (Lipinski definition) is 4. The van der Waals surface area contributed by atoms with Crippen molar-refractivity contribution in [2.45, 2.75) is 46.0 Å². The summed E-state index contributed by atoms with van der Waals surface area (Å²) < 4.78 is 0. The molecule has 2 rings (SSSR count). The second kappa shape index (κ2) is 6.20. The Morgan fingerprint density at radius 2 is 2.15 bits per heavy atom. The maximum absolute atomic E-state index is 10.8. The van der Waals surface area contributed by atoms with Crippen molar-refractivity contribution in [2.75, 3.05) is 11.9 Å². The molecule has 1 heterocycles. The third-order valence-electron chi connectivity index (χ3n) is 4.10. The van der Waals surface area contributed by atoms with Gasteiger partial charge < -0.3 is 5.32 Å². The van der Waals surface area contributed by atoms with Crippen LogP contribution in [-0.4, -0.2) is 16.5 Å². The molecule has 0 aromatic carbocycles. The van der Waals surface area contributed by atoms with Gasteiger partial charge in [-0.1, -0.05) is 26.7 Å². The van der Waals surface area contributed by atoms with Crippen LogP contribution in [-0.2, 0) is 0 Å². The van der Waals surface area contributed by atoms with E-state index in [9.17, 15) is 10.1 Å². The molecule has 1 aliphatic rings. The number of pyridine rings is 1. The first kappa shape index (κ1) is 14.8. The highest BCUT2D eigenvalue weighted by molar-refractivity contribution is 5.44. The summed E-state index contributed by atoms with van der Waals surface area (Å²) in [6.45, 7) is 5.37. The van der Waals surface area contributed by atoms with Crippen molar-refractivity contribution in [2.24, 2.45) is 11.3 Å². The molecule has 0 bridgehead atoms. The maximum atomic E-state index is 10.8. The van der Waals surface area contributed by atoms with Gasteiger partial charge in [-0.05, 0) is 30.6 Å². The smallest absolute Gasteiger partial charge is 0.274 e. The molecule has 1 N–H and O–H groups in total. The number of nitrogens with zero attached hydrogens (tertiary/aromatic N) is 2. The van der Waals surface area contributed by atoms with Crippen molar-refractivity contribution in [3.05, 3.63) is 28.4 Å². The molecule has 1 aromatic rings. The zero-order chi connectivity index (χ0) is 14.6. The van der Waals surface area contributed by atoms with Crippen LogP contribution < -0.4 is 5.32 Å². The summed E-state index contributed by atoms with van der Waals surface area (Å²) >= 11 is 0. The van der Waals surface area contributed by atoms with Crippen molar-refractivity contribution in [1.29, 1.82) is 0 Å². The van der Waals surface area contributed by atoms with Crippen molar-refractivity contribution in [3.8, 4) is 0 Å². The Morgan fingerprint density at radius 3 is 2.75 bits per heavy atom. The van der Waals surface area contributed by atoms with E-state index in [-0.39, 0.29) is 10.6 Å². The van der Waals surface area contributed by atoms with Gasteiger partial charge in [0.05, 0.1) is 11.0 Å². The van der Waals surface area contributed by atoms with Gasteiger partial charge in [-0.15, -0.1) is 0 Å². The maximum Gasteiger partial charge on any atom is 0.274 e. The highest BCUT2D eigenvalue weighted by Gasteiger charge is 2.34. The second-order valence-corrected chi connectivity index (χ2v) is 6.32. The van der Waals surface area contributed by atoms with Gasteiger partial charge in [-0.3, -0.25) is 10.1 Å². The van der Waals surface area contributed by atoms with Gasteiger partial charge in [-0.2, -0.15) is 0 Å². The van der Waals surface area contributed by atoms with E-state index in [1.807, 2.05) is 0 Å². The minimum atomic E-state index is -0.383. The van der Waals surface area contributed by atoms with Crippen molar-refractivity contribution < 1.29 is 4.92 Å². The topological polar surface area (TPSA) is 68.1 Å². The number of hydrogen-bond donors (Lipinski definition) is 1. The Kier molecular flexibility index (Phi) is 4.57. The molecule has 0 spiro atoms. The van der Waals surface area contributed by atoms with Crippen molar-refractivity contribution >= 4 is 11.5 Å². The van der Waals surface area contributed by atoms with Crippen LogP contribution in [0.1, 0.15) is 46.0 Å². The fourth-order valence-corrected chi connectivity index (χ4v) is 3.35. The summed E-state index contributed by atoms with van der Waals surface area (Å²) in [6, 6.07) is 2.93. The van der Waals surface area contributed by atoms with Gasteiger partial charge in [0.1, 0.15) is 5.82 Å². The van der Waals surface area contributed by atoms with Crippen LogP contribution >= 0.6 is 0 Å². The molecule has 0 unspecified atom stereocenters. The van der Waals surface area contributed by atoms with E-state index in [1.54, 1.807) is 0 Å². The van der Waals surface area contributed by atoms with Gasteiger partial charge in [0.25, 0.3) is 5.69 Å². The van der Waals surface area contributed by atoms with E-state index < -0.39 is 0 Å². The van der Waals surface area contributed by atoms with E-state index in [0.29, 0.717) is 17.2 Å². The first-order chi connectivity index (χ1) is 9.51. The quantitative estimate of drug-likeness (QED) is 0.630. The molecule has 1 saturated carbocycles. The van der Waals surface area contributed by atoms with Gasteiger partial charge in [0, 0.05) is 18.8 Å². The molecule has 5 nitrogen and oxygen atoms in total. The van der Waals surface area contributed by atoms with E-state index in [1.165, 1.54) is 50.4 Å². The molecule has 0 amide bonds. The lowest BCUT2D eigenvalue weighted by Crippen LogP contribution is -2.28. The van der Waals surface area contributed by atoms with Crippen LogP contribution in [0.2, 0.25) is 0 Å². The van der Waals surface area contributed by atoms with E-state index in [0.717, 1.165) is 6.54 Å². The Bertz CT molecular complexity index is 468. The van der Waals surface area contributed by atoms with Crippen LogP contribution in [0.4, 0.5) is 11.5 Å². The average molecular weight is 277 g/mol. The normalized spacial score (nSPS) is 17.4. The summed E-state index contributed by atoms with van der Waals surface area (Å²) in [7, 11) is 0. The molecule has 0 atom stereocenters. The van der Waals surface area contributed by atoms with Crippen LogP contribution in [0.3, 0.4) is 0 Å². The molecule has 110 valence electrons. The van der Waals surface area contributed by atoms with Gasteiger partial charge in [0.2, 0.25) is 0 Å². The number of anilines is 1. The van der Waals surface area contributed by atoms with Gasteiger partial charge >= 0.3 is 0 Å². The largest absolute Gasteiger partial charge is 0.369 e. The van der Waals surface area contributed by atoms with E-state index in [4.69, 9.17) is 0 Å². The number of rotatable bonds is 6. The fourth-order valence-electron chi connectivity index (χ4n) is 3.35. The summed E-state index contributed by atoms with van der Waals surface area (Å²) in [4.78, 5) is 14.6. The minimum absolute atomic E-state index is 0.0897. The summed E-state index contributed by atoms with van der Waals surface area (Å²) in [5.74, 6) is 1.28. The Balaban J connectivity index is 2.02. The monoisotopic (exact) mass is 277 g/mol. The minimum Gasteiger partial charge on any atom is -0.369 e. The van der Waals surface area contributed by atoms with E-state index >= 15 is 0 Å².